The molecule has 1 unspecified atom stereocenters. The third-order valence-corrected chi connectivity index (χ3v) is 4.00. The number of amides is 2. The van der Waals surface area contributed by atoms with E-state index in [1.54, 1.807) is 19.2 Å². The summed E-state index contributed by atoms with van der Waals surface area (Å²) in [5.74, 6) is -2.14. The van der Waals surface area contributed by atoms with E-state index in [1.165, 1.54) is 30.2 Å². The van der Waals surface area contributed by atoms with E-state index < -0.39 is 23.9 Å². The van der Waals surface area contributed by atoms with E-state index in [2.05, 4.69) is 5.32 Å². The lowest BCUT2D eigenvalue weighted by molar-refractivity contribution is -0.141. The number of esters is 1. The maximum atomic E-state index is 12.1. The van der Waals surface area contributed by atoms with Gasteiger partial charge in [-0.25, -0.2) is 9.59 Å². The van der Waals surface area contributed by atoms with Crippen LogP contribution in [0, 0.1) is 12.8 Å². The van der Waals surface area contributed by atoms with Gasteiger partial charge in [0, 0.05) is 13.6 Å². The highest BCUT2D eigenvalue weighted by molar-refractivity contribution is 7.15. The molecule has 2 N–H and O–H groups in total. The van der Waals surface area contributed by atoms with Crippen LogP contribution in [0.4, 0.5) is 9.80 Å². The van der Waals surface area contributed by atoms with Crippen LogP contribution in [-0.2, 0) is 9.53 Å². The molecule has 1 heterocycles. The zero-order valence-corrected chi connectivity index (χ0v) is 13.8. The topological polar surface area (TPSA) is 95.9 Å². The van der Waals surface area contributed by atoms with Gasteiger partial charge in [0.2, 0.25) is 0 Å². The molecule has 8 heteroatoms. The van der Waals surface area contributed by atoms with Gasteiger partial charge in [-0.3, -0.25) is 10.1 Å². The number of aryl methyl sites for hydroxylation is 1. The van der Waals surface area contributed by atoms with Gasteiger partial charge in [0.15, 0.2) is 0 Å². The average molecular weight is 328 g/mol. The number of rotatable bonds is 6. The van der Waals surface area contributed by atoms with Crippen molar-refractivity contribution in [1.82, 2.24) is 4.90 Å². The van der Waals surface area contributed by atoms with Crippen LogP contribution in [0.15, 0.2) is 5.38 Å². The molecule has 1 atom stereocenters. The van der Waals surface area contributed by atoms with Crippen molar-refractivity contribution in [2.45, 2.75) is 20.8 Å². The molecule has 1 aromatic rings. The first-order valence-corrected chi connectivity index (χ1v) is 7.66. The smallest absolute Gasteiger partial charge is 0.341 e. The van der Waals surface area contributed by atoms with Gasteiger partial charge < -0.3 is 14.7 Å². The zero-order valence-electron chi connectivity index (χ0n) is 13.0. The fourth-order valence-electron chi connectivity index (χ4n) is 1.76. The first-order chi connectivity index (χ1) is 10.3. The monoisotopic (exact) mass is 328 g/mol. The van der Waals surface area contributed by atoms with Crippen LogP contribution in [0.5, 0.6) is 0 Å². The summed E-state index contributed by atoms with van der Waals surface area (Å²) in [5, 5.41) is 13.6. The average Bonchev–Trinajstić information content (AvgIpc) is 2.79. The number of thiophene rings is 1. The number of hydrogen-bond acceptors (Lipinski definition) is 5. The van der Waals surface area contributed by atoms with Crippen molar-refractivity contribution < 1.29 is 24.2 Å². The molecule has 0 fully saturated rings. The SMILES string of the molecule is CCOC(=O)c1c(C)csc1NC(=O)N(C)CC(C)C(=O)O. The van der Waals surface area contributed by atoms with Crippen molar-refractivity contribution in [2.75, 3.05) is 25.5 Å². The number of carboxylic acids is 1. The number of nitrogens with one attached hydrogen (secondary N) is 1. The van der Waals surface area contributed by atoms with Gasteiger partial charge in [0.1, 0.15) is 5.00 Å². The lowest BCUT2D eigenvalue weighted by Gasteiger charge is -2.19. The largest absolute Gasteiger partial charge is 0.481 e. The molecule has 0 aliphatic heterocycles. The van der Waals surface area contributed by atoms with Gasteiger partial charge in [0.25, 0.3) is 0 Å². The van der Waals surface area contributed by atoms with Gasteiger partial charge in [-0.2, -0.15) is 0 Å². The number of hydrogen-bond donors (Lipinski definition) is 2. The Morgan fingerprint density at radius 1 is 1.45 bits per heavy atom. The number of carboxylic acid groups (broad SMARTS) is 1. The molecular formula is C14H20N2O5S. The highest BCUT2D eigenvalue weighted by Gasteiger charge is 2.22. The van der Waals surface area contributed by atoms with Gasteiger partial charge >= 0.3 is 18.0 Å². The first-order valence-electron chi connectivity index (χ1n) is 6.78. The molecule has 0 aliphatic carbocycles. The van der Waals surface area contributed by atoms with Gasteiger partial charge in [0.05, 0.1) is 18.1 Å². The highest BCUT2D eigenvalue weighted by Crippen LogP contribution is 2.28. The Balaban J connectivity index is 2.80. The third-order valence-electron chi connectivity index (χ3n) is 2.99. The highest BCUT2D eigenvalue weighted by atomic mass is 32.1. The van der Waals surface area contributed by atoms with Crippen LogP contribution in [0.1, 0.15) is 29.8 Å². The van der Waals surface area contributed by atoms with Crippen molar-refractivity contribution >= 4 is 34.3 Å². The van der Waals surface area contributed by atoms with E-state index in [4.69, 9.17) is 9.84 Å². The summed E-state index contributed by atoms with van der Waals surface area (Å²) < 4.78 is 4.97. The number of urea groups is 1. The summed E-state index contributed by atoms with van der Waals surface area (Å²) in [6, 6.07) is -0.472. The fraction of sp³-hybridized carbons (Fsp3) is 0.500. The summed E-state index contributed by atoms with van der Waals surface area (Å²) >= 11 is 1.23. The Labute approximate surface area is 132 Å². The molecule has 0 aromatic carbocycles. The predicted molar refractivity (Wildman–Crippen MR) is 83.5 cm³/mol. The number of carbonyl (C=O) groups excluding carboxylic acids is 2. The molecule has 0 saturated heterocycles. The Bertz CT molecular complexity index is 570. The van der Waals surface area contributed by atoms with Crippen molar-refractivity contribution in [3.63, 3.8) is 0 Å². The predicted octanol–water partition coefficient (Wildman–Crippen LogP) is 2.42. The second-order valence-corrected chi connectivity index (χ2v) is 5.77. The van der Waals surface area contributed by atoms with Gasteiger partial charge in [-0.1, -0.05) is 6.92 Å². The molecule has 2 amide bonds. The standard InChI is InChI=1S/C14H20N2O5S/c1-5-21-13(19)10-9(3)7-22-11(10)15-14(20)16(4)6-8(2)12(17)18/h7-8H,5-6H2,1-4H3,(H,15,20)(H,17,18). The van der Waals surface area contributed by atoms with E-state index in [0.717, 1.165) is 5.56 Å². The summed E-state index contributed by atoms with van der Waals surface area (Å²) in [6.45, 7) is 5.30. The summed E-state index contributed by atoms with van der Waals surface area (Å²) in [4.78, 5) is 36.1. The molecule has 1 rings (SSSR count). The van der Waals surface area contributed by atoms with Crippen LogP contribution in [0.3, 0.4) is 0 Å². The third kappa shape index (κ3) is 4.45. The van der Waals surface area contributed by atoms with Crippen molar-refractivity contribution in [1.29, 1.82) is 0 Å². The lowest BCUT2D eigenvalue weighted by atomic mass is 10.2. The Kier molecular flexibility index (Phi) is 6.36. The van der Waals surface area contributed by atoms with Crippen molar-refractivity contribution in [3.05, 3.63) is 16.5 Å². The number of nitrogens with zero attached hydrogens (tertiary/aromatic N) is 1. The van der Waals surface area contributed by atoms with Crippen LogP contribution >= 0.6 is 11.3 Å². The van der Waals surface area contributed by atoms with Crippen LogP contribution in [0.2, 0.25) is 0 Å². The Morgan fingerprint density at radius 2 is 2.09 bits per heavy atom. The molecule has 22 heavy (non-hydrogen) atoms. The first kappa shape index (κ1) is 18.0. The fourth-order valence-corrected chi connectivity index (χ4v) is 2.68. The maximum Gasteiger partial charge on any atom is 0.341 e. The summed E-state index contributed by atoms with van der Waals surface area (Å²) in [6.07, 6.45) is 0. The molecule has 0 radical (unpaired) electrons. The summed E-state index contributed by atoms with van der Waals surface area (Å²) in [7, 11) is 1.50. The van der Waals surface area contributed by atoms with E-state index in [9.17, 15) is 14.4 Å². The molecule has 1 aromatic heterocycles. The van der Waals surface area contributed by atoms with Gasteiger partial charge in [-0.15, -0.1) is 11.3 Å². The molecule has 0 spiro atoms. The van der Waals surface area contributed by atoms with Crippen molar-refractivity contribution in [2.24, 2.45) is 5.92 Å². The minimum Gasteiger partial charge on any atom is -0.481 e. The van der Waals surface area contributed by atoms with Crippen molar-refractivity contribution in [3.8, 4) is 0 Å². The molecule has 0 aliphatic rings. The lowest BCUT2D eigenvalue weighted by Crippen LogP contribution is -2.36. The number of carbonyl (C=O) groups is 3. The number of anilines is 1. The molecule has 0 bridgehead atoms. The second-order valence-electron chi connectivity index (χ2n) is 4.89. The number of aliphatic carboxylic acids is 1. The minimum atomic E-state index is -0.973. The van der Waals surface area contributed by atoms with Crippen LogP contribution in [0.25, 0.3) is 0 Å². The van der Waals surface area contributed by atoms with Crippen LogP contribution < -0.4 is 5.32 Å². The molecule has 0 saturated carbocycles. The van der Waals surface area contributed by atoms with Gasteiger partial charge in [-0.05, 0) is 24.8 Å². The number of ether oxygens (including phenoxy) is 1. The summed E-state index contributed by atoms with van der Waals surface area (Å²) in [5.41, 5.74) is 1.06. The second kappa shape index (κ2) is 7.79. The molecule has 7 nitrogen and oxygen atoms in total. The zero-order chi connectivity index (χ0) is 16.9. The molecular weight excluding hydrogens is 308 g/mol. The maximum absolute atomic E-state index is 12.1. The Hall–Kier alpha value is -2.09. The minimum absolute atomic E-state index is 0.0697. The van der Waals surface area contributed by atoms with E-state index in [-0.39, 0.29) is 13.2 Å². The molecule has 122 valence electrons. The quantitative estimate of drug-likeness (QED) is 0.782. The van der Waals surface area contributed by atoms with Crippen LogP contribution in [-0.4, -0.2) is 48.2 Å². The van der Waals surface area contributed by atoms with E-state index in [1.807, 2.05) is 0 Å². The normalized spacial score (nSPS) is 11.6. The van der Waals surface area contributed by atoms with E-state index in [0.29, 0.717) is 10.6 Å². The van der Waals surface area contributed by atoms with E-state index >= 15 is 0 Å². The Morgan fingerprint density at radius 3 is 2.64 bits per heavy atom.